The van der Waals surface area contributed by atoms with Crippen LogP contribution in [0.4, 0.5) is 0 Å². The van der Waals surface area contributed by atoms with E-state index in [0.29, 0.717) is 34.8 Å². The molecule has 39 heavy (non-hydrogen) atoms. The van der Waals surface area contributed by atoms with E-state index in [1.807, 2.05) is 26.0 Å². The summed E-state index contributed by atoms with van der Waals surface area (Å²) in [6, 6.07) is 16.1. The molecule has 0 saturated carbocycles. The summed E-state index contributed by atoms with van der Waals surface area (Å²) >= 11 is 0. The van der Waals surface area contributed by atoms with E-state index in [2.05, 4.69) is 0 Å². The molecule has 0 spiro atoms. The van der Waals surface area contributed by atoms with Crippen molar-refractivity contribution in [2.45, 2.75) is 32.2 Å². The number of likely N-dealkylation sites (tertiary alicyclic amines) is 1. The zero-order valence-corrected chi connectivity index (χ0v) is 22.7. The largest absolute Gasteiger partial charge is 0.508 e. The molecule has 1 atom stereocenters. The topological polar surface area (TPSA) is 106 Å². The number of phenols is 1. The molecule has 0 aliphatic carbocycles. The Hall–Kier alpha value is -4.46. The van der Waals surface area contributed by atoms with E-state index < -0.39 is 17.7 Å². The van der Waals surface area contributed by atoms with Crippen molar-refractivity contribution in [1.82, 2.24) is 4.90 Å². The lowest BCUT2D eigenvalue weighted by molar-refractivity contribution is -0.139. The van der Waals surface area contributed by atoms with Crippen LogP contribution in [0.25, 0.3) is 5.76 Å². The molecule has 0 bridgehead atoms. The lowest BCUT2D eigenvalue weighted by atomic mass is 9.93. The van der Waals surface area contributed by atoms with E-state index in [-0.39, 0.29) is 29.5 Å². The van der Waals surface area contributed by atoms with Crippen molar-refractivity contribution in [2.24, 2.45) is 0 Å². The van der Waals surface area contributed by atoms with Crippen molar-refractivity contribution in [1.29, 1.82) is 0 Å². The second-order valence-corrected chi connectivity index (χ2v) is 9.63. The molecule has 1 amide bonds. The minimum Gasteiger partial charge on any atom is -0.508 e. The van der Waals surface area contributed by atoms with Gasteiger partial charge < -0.3 is 29.3 Å². The molecule has 1 aliphatic rings. The van der Waals surface area contributed by atoms with E-state index in [1.165, 1.54) is 17.0 Å². The molecule has 8 heteroatoms. The fourth-order valence-electron chi connectivity index (χ4n) is 4.89. The molecule has 1 saturated heterocycles. The molecule has 1 aliphatic heterocycles. The first kappa shape index (κ1) is 27.6. The first-order chi connectivity index (χ1) is 18.7. The van der Waals surface area contributed by atoms with Crippen molar-refractivity contribution in [3.8, 4) is 23.0 Å². The van der Waals surface area contributed by atoms with E-state index >= 15 is 0 Å². The number of Topliss-reactive ketones (excluding diaryl/α,β-unsaturated/α-hetero) is 1. The number of methoxy groups -OCH3 is 3. The summed E-state index contributed by atoms with van der Waals surface area (Å²) in [6.07, 6.45) is 0.433. The van der Waals surface area contributed by atoms with Crippen molar-refractivity contribution in [3.63, 3.8) is 0 Å². The number of carbonyl (C=O) groups excluding carboxylic acids is 2. The van der Waals surface area contributed by atoms with Crippen molar-refractivity contribution < 1.29 is 34.0 Å². The van der Waals surface area contributed by atoms with Gasteiger partial charge in [-0.3, -0.25) is 9.59 Å². The van der Waals surface area contributed by atoms with Crippen LogP contribution in [0.1, 0.15) is 48.1 Å². The highest BCUT2D eigenvalue weighted by molar-refractivity contribution is 6.46. The van der Waals surface area contributed by atoms with E-state index in [0.717, 1.165) is 11.1 Å². The third-order valence-electron chi connectivity index (χ3n) is 6.96. The number of ketones is 1. The number of aliphatic hydroxyl groups excluding tert-OH is 1. The van der Waals surface area contributed by atoms with Gasteiger partial charge in [-0.25, -0.2) is 0 Å². The summed E-state index contributed by atoms with van der Waals surface area (Å²) in [5, 5.41) is 21.3. The third-order valence-corrected chi connectivity index (χ3v) is 6.96. The van der Waals surface area contributed by atoms with Crippen LogP contribution in [0.3, 0.4) is 0 Å². The quantitative estimate of drug-likeness (QED) is 0.222. The zero-order valence-electron chi connectivity index (χ0n) is 22.7. The van der Waals surface area contributed by atoms with Crippen molar-refractivity contribution in [2.75, 3.05) is 27.9 Å². The summed E-state index contributed by atoms with van der Waals surface area (Å²) in [5.74, 6) is 0.255. The summed E-state index contributed by atoms with van der Waals surface area (Å²) in [7, 11) is 4.69. The number of aliphatic hydroxyl groups is 1. The second kappa shape index (κ2) is 11.5. The summed E-state index contributed by atoms with van der Waals surface area (Å²) < 4.78 is 16.2. The maximum atomic E-state index is 13.4. The number of amides is 1. The third kappa shape index (κ3) is 5.41. The molecular formula is C31H33NO7. The number of aromatic hydroxyl groups is 1. The molecule has 4 rings (SSSR count). The van der Waals surface area contributed by atoms with Gasteiger partial charge in [0, 0.05) is 12.1 Å². The van der Waals surface area contributed by atoms with E-state index in [9.17, 15) is 19.8 Å². The lowest BCUT2D eigenvalue weighted by Crippen LogP contribution is -2.31. The number of nitrogens with zero attached hydrogens (tertiary/aromatic N) is 1. The molecule has 0 radical (unpaired) electrons. The number of ether oxygens (including phenoxy) is 3. The minimum atomic E-state index is -0.838. The Kier molecular flexibility index (Phi) is 8.14. The number of carbonyl (C=O) groups is 2. The molecule has 3 aromatic rings. The van der Waals surface area contributed by atoms with Crippen molar-refractivity contribution >= 4 is 17.4 Å². The molecular weight excluding hydrogens is 498 g/mol. The minimum absolute atomic E-state index is 0.00197. The molecule has 1 unspecified atom stereocenters. The van der Waals surface area contributed by atoms with Gasteiger partial charge in [0.15, 0.2) is 11.5 Å². The van der Waals surface area contributed by atoms with Gasteiger partial charge >= 0.3 is 0 Å². The number of benzene rings is 3. The summed E-state index contributed by atoms with van der Waals surface area (Å²) in [5.41, 5.74) is 2.76. The highest BCUT2D eigenvalue weighted by Crippen LogP contribution is 2.41. The predicted molar refractivity (Wildman–Crippen MR) is 147 cm³/mol. The number of hydrogen-bond donors (Lipinski definition) is 2. The van der Waals surface area contributed by atoms with Gasteiger partial charge in [0.05, 0.1) is 32.9 Å². The van der Waals surface area contributed by atoms with Crippen molar-refractivity contribution in [3.05, 3.63) is 88.5 Å². The SMILES string of the molecule is COc1ccc(CCN2C(=O)C(=O)/C(=C(\O)c3ccc(OC)c(C(C)C)c3)C2c2ccc(O)cc2)cc1OC. The number of rotatable bonds is 9. The Morgan fingerprint density at radius 1 is 0.872 bits per heavy atom. The van der Waals surface area contributed by atoms with Crippen LogP contribution in [-0.4, -0.2) is 54.7 Å². The Morgan fingerprint density at radius 3 is 2.13 bits per heavy atom. The van der Waals surface area contributed by atoms with Gasteiger partial charge in [0.1, 0.15) is 17.3 Å². The Bertz CT molecular complexity index is 1410. The van der Waals surface area contributed by atoms with Gasteiger partial charge in [0.25, 0.3) is 11.7 Å². The Balaban J connectivity index is 1.77. The van der Waals surface area contributed by atoms with Gasteiger partial charge in [-0.1, -0.05) is 32.0 Å². The number of hydrogen-bond acceptors (Lipinski definition) is 7. The second-order valence-electron chi connectivity index (χ2n) is 9.63. The molecule has 8 nitrogen and oxygen atoms in total. The normalized spacial score (nSPS) is 16.6. The fourth-order valence-corrected chi connectivity index (χ4v) is 4.89. The van der Waals surface area contributed by atoms with Gasteiger partial charge in [0.2, 0.25) is 0 Å². The van der Waals surface area contributed by atoms with Gasteiger partial charge in [-0.05, 0) is 71.5 Å². The predicted octanol–water partition coefficient (Wildman–Crippen LogP) is 5.21. The van der Waals surface area contributed by atoms with E-state index in [1.54, 1.807) is 57.7 Å². The molecule has 3 aromatic carbocycles. The van der Waals surface area contributed by atoms with Crippen LogP contribution in [0.15, 0.2) is 66.2 Å². The van der Waals surface area contributed by atoms with Crippen LogP contribution in [0.2, 0.25) is 0 Å². The Morgan fingerprint density at radius 2 is 1.51 bits per heavy atom. The molecule has 0 aromatic heterocycles. The van der Waals surface area contributed by atoms with Gasteiger partial charge in [-0.2, -0.15) is 0 Å². The zero-order chi connectivity index (χ0) is 28.3. The van der Waals surface area contributed by atoms with Crippen LogP contribution < -0.4 is 14.2 Å². The van der Waals surface area contributed by atoms with Crippen LogP contribution >= 0.6 is 0 Å². The summed E-state index contributed by atoms with van der Waals surface area (Å²) in [6.45, 7) is 4.22. The monoisotopic (exact) mass is 531 g/mol. The molecule has 1 fully saturated rings. The van der Waals surface area contributed by atoms with E-state index in [4.69, 9.17) is 14.2 Å². The molecule has 1 heterocycles. The average molecular weight is 532 g/mol. The van der Waals surface area contributed by atoms with Crippen LogP contribution in [-0.2, 0) is 16.0 Å². The molecule has 204 valence electrons. The fraction of sp³-hybridized carbons (Fsp3) is 0.290. The summed E-state index contributed by atoms with van der Waals surface area (Å²) in [4.78, 5) is 28.2. The first-order valence-corrected chi connectivity index (χ1v) is 12.7. The Labute approximate surface area is 228 Å². The standard InChI is InChI=1S/C31H33NO7/c1-18(2)23-17-21(9-13-24(23)37-3)29(34)27-28(20-7-10-22(33)11-8-20)32(31(36)30(27)35)15-14-19-6-12-25(38-4)26(16-19)39-5/h6-13,16-18,28,33-34H,14-15H2,1-5H3/b29-27-. The highest BCUT2D eigenvalue weighted by Gasteiger charge is 2.46. The molecule has 2 N–H and O–H groups in total. The van der Waals surface area contributed by atoms with Crippen LogP contribution in [0, 0.1) is 0 Å². The number of phenolic OH excluding ortho intramolecular Hbond substituents is 1. The van der Waals surface area contributed by atoms with Gasteiger partial charge in [-0.15, -0.1) is 0 Å². The average Bonchev–Trinajstić information content (AvgIpc) is 3.20. The smallest absolute Gasteiger partial charge is 0.295 e. The first-order valence-electron chi connectivity index (χ1n) is 12.7. The van der Waals surface area contributed by atoms with Crippen LogP contribution in [0.5, 0.6) is 23.0 Å². The maximum absolute atomic E-state index is 13.4. The maximum Gasteiger partial charge on any atom is 0.295 e. The highest BCUT2D eigenvalue weighted by atomic mass is 16.5. The lowest BCUT2D eigenvalue weighted by Gasteiger charge is -2.25.